The summed E-state index contributed by atoms with van der Waals surface area (Å²) < 4.78 is 2.11. The Balaban J connectivity index is 2.11. The molecule has 0 amide bonds. The van der Waals surface area contributed by atoms with Gasteiger partial charge in [0.1, 0.15) is 0 Å². The molecule has 2 aromatic rings. The van der Waals surface area contributed by atoms with Gasteiger partial charge in [-0.15, -0.1) is 22.7 Å². The Morgan fingerprint density at radius 3 is 0.952 bits per heavy atom. The van der Waals surface area contributed by atoms with Crippen LogP contribution in [0.2, 0.25) is 0 Å². The van der Waals surface area contributed by atoms with Gasteiger partial charge in [-0.05, 0) is 76.8 Å². The predicted molar refractivity (Wildman–Crippen MR) is 187 cm³/mol. The van der Waals surface area contributed by atoms with Crippen LogP contribution in [0, 0.1) is 21.7 Å². The van der Waals surface area contributed by atoms with E-state index in [9.17, 15) is 9.59 Å². The molecule has 0 bridgehead atoms. The zero-order valence-electron chi connectivity index (χ0n) is 26.9. The fraction of sp³-hybridized carbons (Fsp3) is 0.500. The van der Waals surface area contributed by atoms with Crippen molar-refractivity contribution in [3.63, 3.8) is 0 Å². The summed E-state index contributed by atoms with van der Waals surface area (Å²) in [7, 11) is 0. The summed E-state index contributed by atoms with van der Waals surface area (Å²) >= 11 is 11.2. The Morgan fingerprint density at radius 2 is 0.738 bits per heavy atom. The highest BCUT2D eigenvalue weighted by atomic mass is 79.9. The average molecular weight is 731 g/mol. The van der Waals surface area contributed by atoms with Crippen molar-refractivity contribution in [1.82, 2.24) is 0 Å². The van der Waals surface area contributed by atoms with Gasteiger partial charge in [-0.2, -0.15) is 0 Å². The van der Waals surface area contributed by atoms with E-state index < -0.39 is 10.8 Å². The molecule has 0 N–H and O–H groups in total. The maximum absolute atomic E-state index is 14.3. The van der Waals surface area contributed by atoms with Crippen LogP contribution in [-0.2, 0) is 20.4 Å². The zero-order chi connectivity index (χ0) is 31.6. The number of rotatable bonds is 0. The fourth-order valence-corrected chi connectivity index (χ4v) is 10.3. The van der Waals surface area contributed by atoms with E-state index in [0.717, 1.165) is 29.9 Å². The van der Waals surface area contributed by atoms with Crippen LogP contribution in [-0.4, -0.2) is 11.6 Å². The third-order valence-electron chi connectivity index (χ3n) is 8.83. The lowest BCUT2D eigenvalue weighted by Crippen LogP contribution is -2.52. The average Bonchev–Trinajstić information content (AvgIpc) is 3.39. The van der Waals surface area contributed by atoms with E-state index in [1.54, 1.807) is 22.7 Å². The number of halogens is 2. The van der Waals surface area contributed by atoms with Crippen molar-refractivity contribution in [2.24, 2.45) is 21.7 Å². The van der Waals surface area contributed by atoms with Crippen LogP contribution in [0.25, 0.3) is 11.1 Å². The van der Waals surface area contributed by atoms with E-state index in [1.165, 1.54) is 20.9 Å². The van der Waals surface area contributed by atoms with E-state index in [2.05, 4.69) is 151 Å². The Hall–Kier alpha value is -1.34. The third kappa shape index (κ3) is 4.73. The molecule has 6 heteroatoms. The summed E-state index contributed by atoms with van der Waals surface area (Å²) in [6.07, 6.45) is 9.14. The van der Waals surface area contributed by atoms with Gasteiger partial charge in [-0.1, -0.05) is 107 Å². The normalized spacial score (nSPS) is 20.2. The van der Waals surface area contributed by atoms with Crippen LogP contribution in [0.5, 0.6) is 0 Å². The van der Waals surface area contributed by atoms with Crippen LogP contribution < -0.4 is 0 Å². The number of thiophene rings is 2. The smallest absolute Gasteiger partial charge is 0.185 e. The lowest BCUT2D eigenvalue weighted by molar-refractivity contribution is -0.115. The Labute approximate surface area is 276 Å². The van der Waals surface area contributed by atoms with Gasteiger partial charge >= 0.3 is 0 Å². The molecule has 3 aliphatic carbocycles. The fourth-order valence-electron chi connectivity index (χ4n) is 6.63. The first-order valence-electron chi connectivity index (χ1n) is 14.6. The van der Waals surface area contributed by atoms with Crippen LogP contribution in [0.1, 0.15) is 92.8 Å². The molecule has 2 nitrogen and oxygen atoms in total. The standard InChI is InChI=1S/C36H42Br2O2S2/c1-31(2,3)21-15-35(16-22(27(21)39)32(4,5)6)29-19(13-25(37)41-29)20-14-26(38)42-30(20)36(35)17-23(33(7,8)9)28(40)24(18-36)34(10,11)12/h13-18H,1-12H3. The molecule has 2 spiro atoms. The van der Waals surface area contributed by atoms with Gasteiger partial charge in [-0.3, -0.25) is 9.59 Å². The van der Waals surface area contributed by atoms with Crippen molar-refractivity contribution in [2.45, 2.75) is 93.9 Å². The summed E-state index contributed by atoms with van der Waals surface area (Å²) in [6, 6.07) is 4.46. The minimum atomic E-state index is -0.719. The van der Waals surface area contributed by atoms with Gasteiger partial charge in [0.15, 0.2) is 11.6 Å². The molecule has 0 atom stereocenters. The van der Waals surface area contributed by atoms with Crippen molar-refractivity contribution in [3.05, 3.63) is 76.1 Å². The Morgan fingerprint density at radius 1 is 0.500 bits per heavy atom. The molecule has 5 rings (SSSR count). The molecule has 0 saturated carbocycles. The summed E-state index contributed by atoms with van der Waals surface area (Å²) in [4.78, 5) is 31.1. The van der Waals surface area contributed by atoms with E-state index in [4.69, 9.17) is 0 Å². The molecular formula is C36H42Br2O2S2. The minimum absolute atomic E-state index is 0.123. The lowest BCUT2D eigenvalue weighted by Gasteiger charge is -2.53. The molecule has 42 heavy (non-hydrogen) atoms. The summed E-state index contributed by atoms with van der Waals surface area (Å²) in [5, 5.41) is 0. The Kier molecular flexibility index (Phi) is 7.31. The van der Waals surface area contributed by atoms with Gasteiger partial charge in [0, 0.05) is 32.0 Å². The van der Waals surface area contributed by atoms with Crippen molar-refractivity contribution in [2.75, 3.05) is 0 Å². The molecule has 2 aromatic heterocycles. The summed E-state index contributed by atoms with van der Waals surface area (Å²) in [5.41, 5.74) is 2.75. The van der Waals surface area contributed by atoms with Crippen molar-refractivity contribution in [1.29, 1.82) is 0 Å². The van der Waals surface area contributed by atoms with E-state index >= 15 is 0 Å². The first-order valence-corrected chi connectivity index (χ1v) is 17.8. The lowest BCUT2D eigenvalue weighted by atomic mass is 9.49. The highest BCUT2D eigenvalue weighted by Gasteiger charge is 2.60. The molecule has 0 unspecified atom stereocenters. The first-order chi connectivity index (χ1) is 18.9. The number of allylic oxidation sites excluding steroid dienone is 8. The van der Waals surface area contributed by atoms with Crippen molar-refractivity contribution in [3.8, 4) is 11.1 Å². The van der Waals surface area contributed by atoms with E-state index in [0.29, 0.717) is 0 Å². The van der Waals surface area contributed by atoms with Gasteiger partial charge in [0.2, 0.25) is 0 Å². The zero-order valence-corrected chi connectivity index (χ0v) is 31.7. The third-order valence-corrected chi connectivity index (χ3v) is 12.4. The van der Waals surface area contributed by atoms with Crippen LogP contribution in [0.15, 0.2) is 66.3 Å². The van der Waals surface area contributed by atoms with Gasteiger partial charge in [0.05, 0.1) is 18.4 Å². The number of Topliss-reactive ketones (excluding diaryl/α,β-unsaturated/α-hetero) is 2. The van der Waals surface area contributed by atoms with Gasteiger partial charge < -0.3 is 0 Å². The molecule has 2 heterocycles. The van der Waals surface area contributed by atoms with E-state index in [-0.39, 0.29) is 33.2 Å². The number of hydrogen-bond acceptors (Lipinski definition) is 4. The molecule has 0 aromatic carbocycles. The monoisotopic (exact) mass is 728 g/mol. The molecule has 3 aliphatic rings. The van der Waals surface area contributed by atoms with Gasteiger partial charge in [-0.25, -0.2) is 0 Å². The highest BCUT2D eigenvalue weighted by Crippen LogP contribution is 2.66. The number of hydrogen-bond donors (Lipinski definition) is 0. The molecule has 224 valence electrons. The predicted octanol–water partition coefficient (Wildman–Crippen LogP) is 11.5. The van der Waals surface area contributed by atoms with Crippen LogP contribution in [0.3, 0.4) is 0 Å². The topological polar surface area (TPSA) is 34.1 Å². The number of carbonyl (C=O) groups is 2. The highest BCUT2D eigenvalue weighted by molar-refractivity contribution is 9.11. The van der Waals surface area contributed by atoms with Crippen molar-refractivity contribution >= 4 is 66.1 Å². The number of fused-ring (bicyclic) bond motifs is 6. The quantitative estimate of drug-likeness (QED) is 0.270. The van der Waals surface area contributed by atoms with Gasteiger partial charge in [0.25, 0.3) is 0 Å². The molecule has 0 aliphatic heterocycles. The van der Waals surface area contributed by atoms with E-state index in [1.807, 2.05) is 0 Å². The first kappa shape index (κ1) is 32.1. The van der Waals surface area contributed by atoms with Crippen LogP contribution >= 0.6 is 54.5 Å². The second-order valence-electron chi connectivity index (χ2n) is 16.2. The largest absolute Gasteiger partial charge is 0.289 e. The number of ketones is 2. The molecule has 0 radical (unpaired) electrons. The molecular weight excluding hydrogens is 688 g/mol. The minimum Gasteiger partial charge on any atom is -0.289 e. The summed E-state index contributed by atoms with van der Waals surface area (Å²) in [6.45, 7) is 25.7. The molecule has 0 fully saturated rings. The second kappa shape index (κ2) is 9.58. The second-order valence-corrected chi connectivity index (χ2v) is 21.1. The van der Waals surface area contributed by atoms with Crippen molar-refractivity contribution < 1.29 is 9.59 Å². The molecule has 0 saturated heterocycles. The Bertz CT molecular complexity index is 1470. The maximum atomic E-state index is 14.3. The summed E-state index contributed by atoms with van der Waals surface area (Å²) in [5.74, 6) is 0.246. The number of carbonyl (C=O) groups excluding carboxylic acids is 2. The van der Waals surface area contributed by atoms with Crippen LogP contribution in [0.4, 0.5) is 0 Å². The SMILES string of the molecule is CC(C)(C)C1=CC2(C=C(C(C)(C)C)C1=O)c1sc(Br)cc1-c1cc(Br)sc1C21C=C(C(C)(C)C)C(=O)C(C(C)(C)C)=C1. The maximum Gasteiger partial charge on any atom is 0.185 e.